The van der Waals surface area contributed by atoms with Crippen LogP contribution in [0.25, 0.3) is 0 Å². The number of carbonyl (C=O) groups excluding carboxylic acids is 1. The SMILES string of the molecule is CS(=O)(=O)CCSCCC(=O)Nc1c(N)cc(Cl)cc1Cl. The number of benzene rings is 1. The lowest BCUT2D eigenvalue weighted by atomic mass is 10.2. The molecule has 0 heterocycles. The highest BCUT2D eigenvalue weighted by Crippen LogP contribution is 2.32. The van der Waals surface area contributed by atoms with Gasteiger partial charge in [0.25, 0.3) is 0 Å². The molecule has 9 heteroatoms. The molecule has 0 aliphatic rings. The van der Waals surface area contributed by atoms with Gasteiger partial charge in [-0.2, -0.15) is 11.8 Å². The Labute approximate surface area is 138 Å². The maximum atomic E-state index is 11.8. The minimum absolute atomic E-state index is 0.106. The van der Waals surface area contributed by atoms with Gasteiger partial charge in [0.1, 0.15) is 9.84 Å². The molecule has 21 heavy (non-hydrogen) atoms. The van der Waals surface area contributed by atoms with Crippen LogP contribution in [0.3, 0.4) is 0 Å². The number of nitrogens with two attached hydrogens (primary N) is 1. The van der Waals surface area contributed by atoms with E-state index in [1.54, 1.807) is 0 Å². The van der Waals surface area contributed by atoms with E-state index in [0.29, 0.717) is 27.9 Å². The van der Waals surface area contributed by atoms with Crippen molar-refractivity contribution in [2.24, 2.45) is 0 Å². The quantitative estimate of drug-likeness (QED) is 0.568. The van der Waals surface area contributed by atoms with Crippen molar-refractivity contribution in [2.45, 2.75) is 6.42 Å². The Balaban J connectivity index is 2.41. The minimum Gasteiger partial charge on any atom is -0.397 e. The van der Waals surface area contributed by atoms with E-state index in [-0.39, 0.29) is 23.1 Å². The molecule has 0 radical (unpaired) electrons. The summed E-state index contributed by atoms with van der Waals surface area (Å²) in [5, 5.41) is 3.30. The molecule has 0 aromatic heterocycles. The summed E-state index contributed by atoms with van der Waals surface area (Å²) in [6.45, 7) is 0. The molecule has 0 atom stereocenters. The molecule has 0 aliphatic carbocycles. The lowest BCUT2D eigenvalue weighted by Crippen LogP contribution is -2.14. The lowest BCUT2D eigenvalue weighted by Gasteiger charge is -2.10. The molecule has 0 spiro atoms. The monoisotopic (exact) mass is 370 g/mol. The molecule has 3 N–H and O–H groups in total. The van der Waals surface area contributed by atoms with E-state index in [2.05, 4.69) is 5.32 Å². The number of amides is 1. The summed E-state index contributed by atoms with van der Waals surface area (Å²) >= 11 is 13.2. The Morgan fingerprint density at radius 2 is 2.00 bits per heavy atom. The molecule has 0 fully saturated rings. The first kappa shape index (κ1) is 18.4. The summed E-state index contributed by atoms with van der Waals surface area (Å²) in [6.07, 6.45) is 1.43. The zero-order valence-corrected chi connectivity index (χ0v) is 14.5. The maximum Gasteiger partial charge on any atom is 0.225 e. The third-order valence-electron chi connectivity index (χ3n) is 2.42. The van der Waals surface area contributed by atoms with E-state index in [4.69, 9.17) is 28.9 Å². The van der Waals surface area contributed by atoms with Crippen LogP contribution in [-0.4, -0.2) is 37.8 Å². The predicted molar refractivity (Wildman–Crippen MR) is 91.2 cm³/mol. The number of hydrogen-bond donors (Lipinski definition) is 2. The van der Waals surface area contributed by atoms with Crippen molar-refractivity contribution in [2.75, 3.05) is 34.6 Å². The molecule has 0 unspecified atom stereocenters. The van der Waals surface area contributed by atoms with Crippen molar-refractivity contribution < 1.29 is 13.2 Å². The maximum absolute atomic E-state index is 11.8. The van der Waals surface area contributed by atoms with E-state index >= 15 is 0 Å². The Morgan fingerprint density at radius 1 is 1.33 bits per heavy atom. The smallest absolute Gasteiger partial charge is 0.225 e. The molecule has 0 bridgehead atoms. The Morgan fingerprint density at radius 3 is 2.57 bits per heavy atom. The van der Waals surface area contributed by atoms with Crippen LogP contribution in [-0.2, 0) is 14.6 Å². The van der Waals surface area contributed by atoms with Crippen LogP contribution in [0.4, 0.5) is 11.4 Å². The van der Waals surface area contributed by atoms with Gasteiger partial charge in [-0.1, -0.05) is 23.2 Å². The van der Waals surface area contributed by atoms with Gasteiger partial charge in [0.15, 0.2) is 0 Å². The first-order chi connectivity index (χ1) is 9.69. The van der Waals surface area contributed by atoms with Crippen molar-refractivity contribution in [3.05, 3.63) is 22.2 Å². The number of nitrogen functional groups attached to an aromatic ring is 1. The number of anilines is 2. The van der Waals surface area contributed by atoms with Gasteiger partial charge in [-0.3, -0.25) is 4.79 Å². The number of sulfone groups is 1. The lowest BCUT2D eigenvalue weighted by molar-refractivity contribution is -0.115. The number of nitrogens with one attached hydrogen (secondary N) is 1. The van der Waals surface area contributed by atoms with Crippen molar-refractivity contribution in [1.29, 1.82) is 0 Å². The second-order valence-electron chi connectivity index (χ2n) is 4.39. The molecule has 1 rings (SSSR count). The van der Waals surface area contributed by atoms with Crippen LogP contribution in [0.1, 0.15) is 6.42 Å². The molecule has 5 nitrogen and oxygen atoms in total. The van der Waals surface area contributed by atoms with Gasteiger partial charge in [-0.05, 0) is 12.1 Å². The zero-order chi connectivity index (χ0) is 16.0. The minimum atomic E-state index is -2.96. The third kappa shape index (κ3) is 7.26. The summed E-state index contributed by atoms with van der Waals surface area (Å²) in [5.74, 6) is 0.857. The van der Waals surface area contributed by atoms with Crippen molar-refractivity contribution in [1.82, 2.24) is 0 Å². The average Bonchev–Trinajstić information content (AvgIpc) is 2.32. The molecule has 0 aliphatic heterocycles. The number of thioether (sulfide) groups is 1. The van der Waals surface area contributed by atoms with Gasteiger partial charge in [-0.25, -0.2) is 8.42 Å². The molecule has 0 saturated heterocycles. The van der Waals surface area contributed by atoms with Gasteiger partial charge < -0.3 is 11.1 Å². The van der Waals surface area contributed by atoms with Gasteiger partial charge in [0.2, 0.25) is 5.91 Å². The van der Waals surface area contributed by atoms with E-state index in [1.165, 1.54) is 30.2 Å². The highest BCUT2D eigenvalue weighted by Gasteiger charge is 2.10. The van der Waals surface area contributed by atoms with Gasteiger partial charge >= 0.3 is 0 Å². The van der Waals surface area contributed by atoms with Crippen molar-refractivity contribution >= 4 is 62.1 Å². The second kappa shape index (κ2) is 8.12. The molecule has 1 aromatic carbocycles. The van der Waals surface area contributed by atoms with Crippen LogP contribution in [0.2, 0.25) is 10.0 Å². The Kier molecular flexibility index (Phi) is 7.12. The van der Waals surface area contributed by atoms with E-state index in [1.807, 2.05) is 0 Å². The molecule has 1 aromatic rings. The average molecular weight is 371 g/mol. The normalized spacial score (nSPS) is 11.4. The predicted octanol–water partition coefficient (Wildman–Crippen LogP) is 2.68. The summed E-state index contributed by atoms with van der Waals surface area (Å²) in [7, 11) is -2.96. The second-order valence-corrected chi connectivity index (χ2v) is 8.72. The van der Waals surface area contributed by atoms with E-state index in [9.17, 15) is 13.2 Å². The highest BCUT2D eigenvalue weighted by molar-refractivity contribution is 8.00. The standard InChI is InChI=1S/C12H16Cl2N2O3S2/c1-21(18,19)5-4-20-3-2-11(17)16-12-9(14)6-8(13)7-10(12)15/h6-7H,2-5,15H2,1H3,(H,16,17). The van der Waals surface area contributed by atoms with E-state index < -0.39 is 9.84 Å². The summed E-state index contributed by atoms with van der Waals surface area (Å²) in [6, 6.07) is 3.00. The third-order valence-corrected chi connectivity index (χ3v) is 5.13. The zero-order valence-electron chi connectivity index (χ0n) is 11.4. The number of hydrogen-bond acceptors (Lipinski definition) is 5. The number of halogens is 2. The summed E-state index contributed by atoms with van der Waals surface area (Å²) < 4.78 is 21.9. The highest BCUT2D eigenvalue weighted by atomic mass is 35.5. The van der Waals surface area contributed by atoms with Gasteiger partial charge in [0.05, 0.1) is 22.2 Å². The fraction of sp³-hybridized carbons (Fsp3) is 0.417. The Hall–Kier alpha value is -0.630. The molecule has 1 amide bonds. The van der Waals surface area contributed by atoms with Crippen LogP contribution >= 0.6 is 35.0 Å². The van der Waals surface area contributed by atoms with Gasteiger partial charge in [0, 0.05) is 29.2 Å². The fourth-order valence-electron chi connectivity index (χ4n) is 1.40. The van der Waals surface area contributed by atoms with Crippen molar-refractivity contribution in [3.63, 3.8) is 0 Å². The first-order valence-corrected chi connectivity index (χ1v) is 9.96. The molecular formula is C12H16Cl2N2O3S2. The van der Waals surface area contributed by atoms with E-state index in [0.717, 1.165) is 0 Å². The van der Waals surface area contributed by atoms with Crippen LogP contribution in [0.15, 0.2) is 12.1 Å². The summed E-state index contributed by atoms with van der Waals surface area (Å²) in [4.78, 5) is 11.8. The fourth-order valence-corrected chi connectivity index (χ4v) is 4.18. The Bertz CT molecular complexity index is 598. The number of carbonyl (C=O) groups is 1. The van der Waals surface area contributed by atoms with Crippen molar-refractivity contribution in [3.8, 4) is 0 Å². The number of rotatable bonds is 7. The molecule has 118 valence electrons. The van der Waals surface area contributed by atoms with Crippen LogP contribution < -0.4 is 11.1 Å². The largest absolute Gasteiger partial charge is 0.397 e. The first-order valence-electron chi connectivity index (χ1n) is 5.99. The summed E-state index contributed by atoms with van der Waals surface area (Å²) in [5.41, 5.74) is 6.38. The molecule has 0 saturated carbocycles. The topological polar surface area (TPSA) is 89.3 Å². The molecular weight excluding hydrogens is 355 g/mol. The van der Waals surface area contributed by atoms with Gasteiger partial charge in [-0.15, -0.1) is 0 Å². The van der Waals surface area contributed by atoms with Crippen LogP contribution in [0, 0.1) is 0 Å². The van der Waals surface area contributed by atoms with Crippen LogP contribution in [0.5, 0.6) is 0 Å².